The van der Waals surface area contributed by atoms with Crippen molar-refractivity contribution < 1.29 is 40.5 Å². The van der Waals surface area contributed by atoms with Crippen LogP contribution in [0.4, 0.5) is 30.7 Å². The smallest absolute Gasteiger partial charge is 0.248 e. The van der Waals surface area contributed by atoms with Crippen LogP contribution in [0.5, 0.6) is 0 Å². The summed E-state index contributed by atoms with van der Waals surface area (Å²) in [5, 5.41) is 0. The predicted molar refractivity (Wildman–Crippen MR) is 28.9 cm³/mol. The molecule has 0 fully saturated rings. The summed E-state index contributed by atoms with van der Waals surface area (Å²) in [7, 11) is 0. The van der Waals surface area contributed by atoms with Gasteiger partial charge < -0.3 is 0 Å². The molecular formula is C5H5F7O2. The van der Waals surface area contributed by atoms with Crippen LogP contribution in [-0.2, 0) is 9.78 Å². The van der Waals surface area contributed by atoms with Crippen LogP contribution in [0.1, 0.15) is 0 Å². The zero-order valence-corrected chi connectivity index (χ0v) is 6.45. The normalized spacial score (nSPS) is 17.1. The topological polar surface area (TPSA) is 18.5 Å². The van der Waals surface area contributed by atoms with Crippen LogP contribution in [0.25, 0.3) is 0 Å². The van der Waals surface area contributed by atoms with Crippen molar-refractivity contribution in [3.05, 3.63) is 0 Å². The van der Waals surface area contributed by atoms with E-state index in [1.165, 1.54) is 0 Å². The van der Waals surface area contributed by atoms with Crippen LogP contribution in [0.2, 0.25) is 0 Å². The molecule has 0 heterocycles. The predicted octanol–water partition coefficient (Wildman–Crippen LogP) is 2.40. The minimum absolute atomic E-state index is 1.07. The fraction of sp³-hybridized carbons (Fsp3) is 1.00. The molecule has 2 nitrogen and oxygen atoms in total. The van der Waals surface area contributed by atoms with E-state index in [2.05, 4.69) is 9.78 Å². The van der Waals surface area contributed by atoms with E-state index in [4.69, 9.17) is 0 Å². The lowest BCUT2D eigenvalue weighted by molar-refractivity contribution is -0.485. The van der Waals surface area contributed by atoms with E-state index in [9.17, 15) is 30.7 Å². The fourth-order valence-electron chi connectivity index (χ4n) is 0.366. The molecule has 86 valence electrons. The van der Waals surface area contributed by atoms with Gasteiger partial charge in [0.25, 0.3) is 0 Å². The SMILES string of the molecule is FCCOOC(F)(C(F)F)C(F)(F)F. The molecule has 0 spiro atoms. The number of rotatable bonds is 5. The molecule has 0 saturated heterocycles. The first-order valence-corrected chi connectivity index (χ1v) is 3.16. The highest BCUT2D eigenvalue weighted by molar-refractivity contribution is 4.78. The third-order valence-corrected chi connectivity index (χ3v) is 1.01. The molecule has 1 atom stereocenters. The first-order chi connectivity index (χ1) is 6.25. The number of halogens is 7. The summed E-state index contributed by atoms with van der Waals surface area (Å²) >= 11 is 0. The van der Waals surface area contributed by atoms with Crippen LogP contribution in [0, 0.1) is 0 Å². The quantitative estimate of drug-likeness (QED) is 0.312. The highest BCUT2D eigenvalue weighted by atomic mass is 19.4. The largest absolute Gasteiger partial charge is 0.457 e. The molecule has 0 aromatic heterocycles. The molecule has 9 heteroatoms. The minimum Gasteiger partial charge on any atom is -0.248 e. The van der Waals surface area contributed by atoms with E-state index < -0.39 is 31.7 Å². The van der Waals surface area contributed by atoms with Crippen molar-refractivity contribution in [2.24, 2.45) is 0 Å². The molecule has 0 amide bonds. The van der Waals surface area contributed by atoms with Gasteiger partial charge in [-0.05, 0) is 0 Å². The van der Waals surface area contributed by atoms with Crippen molar-refractivity contribution in [2.45, 2.75) is 18.5 Å². The van der Waals surface area contributed by atoms with Gasteiger partial charge in [0.05, 0.1) is 0 Å². The molecule has 0 bridgehead atoms. The highest BCUT2D eigenvalue weighted by Crippen LogP contribution is 2.39. The van der Waals surface area contributed by atoms with Crippen molar-refractivity contribution in [2.75, 3.05) is 13.3 Å². The van der Waals surface area contributed by atoms with Gasteiger partial charge in [0, 0.05) is 0 Å². The monoisotopic (exact) mass is 230 g/mol. The molecule has 0 aliphatic rings. The minimum atomic E-state index is -5.96. The Morgan fingerprint density at radius 2 is 1.57 bits per heavy atom. The number of hydrogen-bond donors (Lipinski definition) is 0. The zero-order valence-electron chi connectivity index (χ0n) is 6.45. The van der Waals surface area contributed by atoms with Crippen molar-refractivity contribution in [1.29, 1.82) is 0 Å². The summed E-state index contributed by atoms with van der Waals surface area (Å²) in [6, 6.07) is 0. The molecule has 0 radical (unpaired) electrons. The maximum absolute atomic E-state index is 12.4. The second-order valence-corrected chi connectivity index (χ2v) is 2.04. The zero-order chi connectivity index (χ0) is 11.4. The lowest BCUT2D eigenvalue weighted by Crippen LogP contribution is -2.49. The number of alkyl halides is 7. The Balaban J connectivity index is 4.42. The molecule has 0 saturated carbocycles. The Morgan fingerprint density at radius 3 is 1.86 bits per heavy atom. The molecule has 14 heavy (non-hydrogen) atoms. The summed E-state index contributed by atoms with van der Waals surface area (Å²) in [5.74, 6) is -5.23. The van der Waals surface area contributed by atoms with Crippen LogP contribution < -0.4 is 0 Å². The van der Waals surface area contributed by atoms with Gasteiger partial charge in [-0.3, -0.25) is 0 Å². The molecule has 0 rings (SSSR count). The van der Waals surface area contributed by atoms with Gasteiger partial charge >= 0.3 is 18.5 Å². The van der Waals surface area contributed by atoms with Crippen LogP contribution in [0.3, 0.4) is 0 Å². The summed E-state index contributed by atoms with van der Waals surface area (Å²) in [6.45, 7) is -2.37. The average Bonchev–Trinajstić information content (AvgIpc) is 2.02. The standard InChI is InChI=1S/C5H5F7O2/c6-1-2-13-14-4(9,3(7)8)5(10,11)12/h3H,1-2H2. The van der Waals surface area contributed by atoms with Crippen molar-refractivity contribution in [3.8, 4) is 0 Å². The van der Waals surface area contributed by atoms with Crippen LogP contribution in [-0.4, -0.2) is 31.7 Å². The lowest BCUT2D eigenvalue weighted by atomic mass is 10.3. The Bertz CT molecular complexity index is 170. The molecular weight excluding hydrogens is 225 g/mol. The maximum atomic E-state index is 12.4. The van der Waals surface area contributed by atoms with E-state index in [0.29, 0.717) is 0 Å². The van der Waals surface area contributed by atoms with Gasteiger partial charge in [-0.15, -0.1) is 0 Å². The lowest BCUT2D eigenvalue weighted by Gasteiger charge is -2.24. The molecule has 1 unspecified atom stereocenters. The van der Waals surface area contributed by atoms with E-state index in [0.717, 1.165) is 0 Å². The van der Waals surface area contributed by atoms with Crippen molar-refractivity contribution in [1.82, 2.24) is 0 Å². The van der Waals surface area contributed by atoms with Gasteiger partial charge in [0.15, 0.2) is 0 Å². The summed E-state index contributed by atoms with van der Waals surface area (Å²) in [4.78, 5) is 6.10. The first kappa shape index (κ1) is 13.4. The fourth-order valence-corrected chi connectivity index (χ4v) is 0.366. The van der Waals surface area contributed by atoms with E-state index in [-0.39, 0.29) is 0 Å². The van der Waals surface area contributed by atoms with E-state index in [1.54, 1.807) is 0 Å². The Morgan fingerprint density at radius 1 is 1.07 bits per heavy atom. The van der Waals surface area contributed by atoms with Crippen molar-refractivity contribution >= 4 is 0 Å². The Hall–Kier alpha value is -0.570. The van der Waals surface area contributed by atoms with E-state index >= 15 is 0 Å². The first-order valence-electron chi connectivity index (χ1n) is 3.16. The van der Waals surface area contributed by atoms with Gasteiger partial charge in [-0.25, -0.2) is 18.1 Å². The molecule has 0 aromatic carbocycles. The van der Waals surface area contributed by atoms with Crippen LogP contribution in [0.15, 0.2) is 0 Å². The Labute approximate surface area is 73.5 Å². The van der Waals surface area contributed by atoms with Crippen LogP contribution >= 0.6 is 0 Å². The van der Waals surface area contributed by atoms with Gasteiger partial charge in [0.2, 0.25) is 0 Å². The molecule has 0 aliphatic heterocycles. The molecule has 0 aliphatic carbocycles. The van der Waals surface area contributed by atoms with Crippen molar-refractivity contribution in [3.63, 3.8) is 0 Å². The highest BCUT2D eigenvalue weighted by Gasteiger charge is 2.66. The molecule has 0 aromatic rings. The summed E-state index contributed by atoms with van der Waals surface area (Å²) in [5.41, 5.74) is 0. The van der Waals surface area contributed by atoms with Gasteiger partial charge in [0.1, 0.15) is 13.3 Å². The summed E-state index contributed by atoms with van der Waals surface area (Å²) in [6.07, 6.45) is -10.4. The third-order valence-electron chi connectivity index (χ3n) is 1.01. The Kier molecular flexibility index (Phi) is 4.59. The van der Waals surface area contributed by atoms with Gasteiger partial charge in [-0.2, -0.15) is 22.4 Å². The summed E-state index contributed by atoms with van der Waals surface area (Å²) < 4.78 is 81.8. The van der Waals surface area contributed by atoms with E-state index in [1.807, 2.05) is 0 Å². The molecule has 0 N–H and O–H groups in total. The second kappa shape index (κ2) is 4.78. The second-order valence-electron chi connectivity index (χ2n) is 2.04. The average molecular weight is 230 g/mol. The third kappa shape index (κ3) is 2.98. The van der Waals surface area contributed by atoms with Gasteiger partial charge in [-0.1, -0.05) is 0 Å². The number of hydrogen-bond acceptors (Lipinski definition) is 2. The maximum Gasteiger partial charge on any atom is 0.457 e.